The van der Waals surface area contributed by atoms with E-state index < -0.39 is 5.97 Å². The lowest BCUT2D eigenvalue weighted by Gasteiger charge is -2.02. The average molecular weight is 299 g/mol. The second-order valence-electron chi connectivity index (χ2n) is 5.77. The van der Waals surface area contributed by atoms with Gasteiger partial charge in [-0.15, -0.1) is 0 Å². The van der Waals surface area contributed by atoms with Crippen LogP contribution in [-0.2, 0) is 4.79 Å². The Morgan fingerprint density at radius 1 is 0.762 bits per heavy atom. The van der Waals surface area contributed by atoms with Gasteiger partial charge in [0.1, 0.15) is 0 Å². The molecule has 0 radical (unpaired) electrons. The number of hydrogen-bond acceptors (Lipinski definition) is 2. The zero-order valence-corrected chi connectivity index (χ0v) is 14.1. The first-order chi connectivity index (χ1) is 9.77. The Morgan fingerprint density at radius 3 is 1.52 bits per heavy atom. The van der Waals surface area contributed by atoms with Crippen molar-refractivity contribution in [2.75, 3.05) is 0 Å². The largest absolute Gasteiger partial charge is 0.478 e. The highest BCUT2D eigenvalue weighted by Gasteiger charge is 1.93. The fraction of sp³-hybridized carbons (Fsp3) is 0.833. The molecule has 0 saturated heterocycles. The molecule has 3 nitrogen and oxygen atoms in total. The molecule has 0 fully saturated rings. The SMILES string of the molecule is CCCCCCCCCCCCCCCC=CC(=O)O.N. The van der Waals surface area contributed by atoms with Crippen LogP contribution in [0.1, 0.15) is 96.8 Å². The minimum absolute atomic E-state index is 0. The van der Waals surface area contributed by atoms with Crippen LogP contribution in [0.5, 0.6) is 0 Å². The molecule has 0 rings (SSSR count). The number of hydrogen-bond donors (Lipinski definition) is 2. The van der Waals surface area contributed by atoms with Crippen LogP contribution in [0.4, 0.5) is 0 Å². The van der Waals surface area contributed by atoms with E-state index in [0.29, 0.717) is 0 Å². The monoisotopic (exact) mass is 299 g/mol. The summed E-state index contributed by atoms with van der Waals surface area (Å²) in [5, 5.41) is 8.43. The van der Waals surface area contributed by atoms with E-state index in [-0.39, 0.29) is 6.15 Å². The average Bonchev–Trinajstić information content (AvgIpc) is 2.43. The van der Waals surface area contributed by atoms with Crippen molar-refractivity contribution < 1.29 is 9.90 Å². The summed E-state index contributed by atoms with van der Waals surface area (Å²) in [5.41, 5.74) is 0. The van der Waals surface area contributed by atoms with E-state index in [1.54, 1.807) is 6.08 Å². The summed E-state index contributed by atoms with van der Waals surface area (Å²) >= 11 is 0. The molecule has 0 saturated carbocycles. The summed E-state index contributed by atoms with van der Waals surface area (Å²) in [6.07, 6.45) is 21.6. The van der Waals surface area contributed by atoms with Crippen LogP contribution in [0.25, 0.3) is 0 Å². The first kappa shape index (κ1) is 22.5. The Bertz CT molecular complexity index is 239. The smallest absolute Gasteiger partial charge is 0.327 e. The van der Waals surface area contributed by atoms with Gasteiger partial charge in [-0.05, 0) is 12.8 Å². The maximum absolute atomic E-state index is 10.2. The Morgan fingerprint density at radius 2 is 1.14 bits per heavy atom. The molecule has 0 aromatic carbocycles. The van der Waals surface area contributed by atoms with Gasteiger partial charge in [0.15, 0.2) is 0 Å². The van der Waals surface area contributed by atoms with E-state index in [9.17, 15) is 4.79 Å². The molecule has 0 aliphatic heterocycles. The van der Waals surface area contributed by atoms with Crippen LogP contribution in [0.2, 0.25) is 0 Å². The standard InChI is InChI=1S/C18H34O2.H3N/c1-2-3-4-5-6-7-8-9-10-11-12-13-14-15-16-17-18(19)20;/h16-17H,2-15H2,1H3,(H,19,20);1H3. The van der Waals surface area contributed by atoms with Crippen molar-refractivity contribution in [1.29, 1.82) is 0 Å². The van der Waals surface area contributed by atoms with E-state index in [4.69, 9.17) is 5.11 Å². The van der Waals surface area contributed by atoms with Crippen LogP contribution in [-0.4, -0.2) is 11.1 Å². The molecule has 0 unspecified atom stereocenters. The number of carboxylic acids is 1. The first-order valence-corrected chi connectivity index (χ1v) is 8.67. The maximum atomic E-state index is 10.2. The molecule has 0 aromatic rings. The molecule has 0 aliphatic rings. The van der Waals surface area contributed by atoms with Crippen LogP contribution >= 0.6 is 0 Å². The molecule has 126 valence electrons. The molecular weight excluding hydrogens is 262 g/mol. The van der Waals surface area contributed by atoms with Gasteiger partial charge in [-0.3, -0.25) is 0 Å². The summed E-state index contributed by atoms with van der Waals surface area (Å²) in [7, 11) is 0. The Kier molecular flexibility index (Phi) is 20.5. The van der Waals surface area contributed by atoms with Gasteiger partial charge < -0.3 is 11.3 Å². The van der Waals surface area contributed by atoms with Crippen molar-refractivity contribution in [1.82, 2.24) is 6.15 Å². The van der Waals surface area contributed by atoms with Crippen LogP contribution in [0.15, 0.2) is 12.2 Å². The minimum atomic E-state index is -0.834. The summed E-state index contributed by atoms with van der Waals surface area (Å²) in [5.74, 6) is -0.834. The summed E-state index contributed by atoms with van der Waals surface area (Å²) in [6, 6.07) is 0. The topological polar surface area (TPSA) is 72.3 Å². The maximum Gasteiger partial charge on any atom is 0.327 e. The van der Waals surface area contributed by atoms with Crippen molar-refractivity contribution in [2.45, 2.75) is 96.8 Å². The van der Waals surface area contributed by atoms with Gasteiger partial charge in [0.2, 0.25) is 0 Å². The lowest BCUT2D eigenvalue weighted by Crippen LogP contribution is -1.86. The first-order valence-electron chi connectivity index (χ1n) is 8.67. The lowest BCUT2D eigenvalue weighted by molar-refractivity contribution is -0.131. The van der Waals surface area contributed by atoms with Crippen molar-refractivity contribution in [3.8, 4) is 0 Å². The predicted molar refractivity (Wildman–Crippen MR) is 92.1 cm³/mol. The molecule has 0 aromatic heterocycles. The van der Waals surface area contributed by atoms with E-state index in [0.717, 1.165) is 12.8 Å². The molecule has 3 heteroatoms. The zero-order chi connectivity index (χ0) is 14.9. The molecule has 0 amide bonds. The van der Waals surface area contributed by atoms with E-state index >= 15 is 0 Å². The number of carboxylic acid groups (broad SMARTS) is 1. The number of rotatable bonds is 15. The second kappa shape index (κ2) is 19.2. The van der Waals surface area contributed by atoms with Crippen molar-refractivity contribution in [2.24, 2.45) is 0 Å². The Hall–Kier alpha value is -0.830. The number of carbonyl (C=O) groups is 1. The third kappa shape index (κ3) is 21.6. The molecule has 4 N–H and O–H groups in total. The fourth-order valence-electron chi connectivity index (χ4n) is 2.46. The molecule has 0 aliphatic carbocycles. The third-order valence-corrected chi connectivity index (χ3v) is 3.73. The van der Waals surface area contributed by atoms with Gasteiger partial charge in [-0.2, -0.15) is 0 Å². The molecule has 0 bridgehead atoms. The summed E-state index contributed by atoms with van der Waals surface area (Å²) in [4.78, 5) is 10.2. The van der Waals surface area contributed by atoms with Crippen molar-refractivity contribution >= 4 is 5.97 Å². The highest BCUT2D eigenvalue weighted by Crippen LogP contribution is 2.12. The number of unbranched alkanes of at least 4 members (excludes halogenated alkanes) is 13. The zero-order valence-electron chi connectivity index (χ0n) is 14.1. The highest BCUT2D eigenvalue weighted by molar-refractivity contribution is 5.79. The summed E-state index contributed by atoms with van der Waals surface area (Å²) < 4.78 is 0. The molecule has 0 heterocycles. The van der Waals surface area contributed by atoms with Gasteiger partial charge in [0.05, 0.1) is 0 Å². The van der Waals surface area contributed by atoms with E-state index in [1.807, 2.05) is 0 Å². The molecule has 0 atom stereocenters. The van der Waals surface area contributed by atoms with Crippen LogP contribution in [0.3, 0.4) is 0 Å². The van der Waals surface area contributed by atoms with Crippen LogP contribution < -0.4 is 6.15 Å². The highest BCUT2D eigenvalue weighted by atomic mass is 16.4. The summed E-state index contributed by atoms with van der Waals surface area (Å²) in [6.45, 7) is 2.27. The second-order valence-corrected chi connectivity index (χ2v) is 5.77. The minimum Gasteiger partial charge on any atom is -0.478 e. The fourth-order valence-corrected chi connectivity index (χ4v) is 2.46. The van der Waals surface area contributed by atoms with Gasteiger partial charge in [0.25, 0.3) is 0 Å². The molecule has 0 spiro atoms. The van der Waals surface area contributed by atoms with E-state index in [2.05, 4.69) is 6.92 Å². The van der Waals surface area contributed by atoms with Gasteiger partial charge in [-0.1, -0.05) is 90.0 Å². The van der Waals surface area contributed by atoms with Gasteiger partial charge in [0, 0.05) is 6.08 Å². The molecular formula is C18H37NO2. The normalized spacial score (nSPS) is 10.7. The van der Waals surface area contributed by atoms with Gasteiger partial charge >= 0.3 is 5.97 Å². The number of aliphatic carboxylic acids is 1. The predicted octanol–water partition coefficient (Wildman–Crippen LogP) is 6.27. The Labute approximate surface area is 131 Å². The third-order valence-electron chi connectivity index (χ3n) is 3.73. The quantitative estimate of drug-likeness (QED) is 0.276. The van der Waals surface area contributed by atoms with Crippen molar-refractivity contribution in [3.63, 3.8) is 0 Å². The van der Waals surface area contributed by atoms with Crippen LogP contribution in [0, 0.1) is 0 Å². The Balaban J connectivity index is 0. The number of allylic oxidation sites excluding steroid dienone is 1. The van der Waals surface area contributed by atoms with E-state index in [1.165, 1.54) is 83.1 Å². The van der Waals surface area contributed by atoms with Crippen molar-refractivity contribution in [3.05, 3.63) is 12.2 Å². The lowest BCUT2D eigenvalue weighted by atomic mass is 10.0. The molecule has 21 heavy (non-hydrogen) atoms. The van der Waals surface area contributed by atoms with Gasteiger partial charge in [-0.25, -0.2) is 4.79 Å².